The highest BCUT2D eigenvalue weighted by Crippen LogP contribution is 2.18. The van der Waals surface area contributed by atoms with Crippen molar-refractivity contribution in [3.63, 3.8) is 0 Å². The van der Waals surface area contributed by atoms with Gasteiger partial charge >= 0.3 is 0 Å². The maximum atomic E-state index is 13.5. The first-order valence-corrected chi connectivity index (χ1v) is 6.20. The molecule has 0 heterocycles. The van der Waals surface area contributed by atoms with Crippen LogP contribution in [-0.4, -0.2) is 12.6 Å². The molecule has 0 aliphatic heterocycles. The minimum absolute atomic E-state index is 0.213. The van der Waals surface area contributed by atoms with Gasteiger partial charge in [0, 0.05) is 11.6 Å². The monoisotopic (exact) mass is 241 g/mol. The van der Waals surface area contributed by atoms with E-state index in [4.69, 9.17) is 0 Å². The van der Waals surface area contributed by atoms with Crippen molar-refractivity contribution in [3.8, 4) is 0 Å². The van der Waals surface area contributed by atoms with E-state index in [1.54, 1.807) is 0 Å². The summed E-state index contributed by atoms with van der Waals surface area (Å²) in [6.45, 7) is 6.97. The van der Waals surface area contributed by atoms with E-state index in [1.807, 2.05) is 6.92 Å². The van der Waals surface area contributed by atoms with Crippen LogP contribution in [0.15, 0.2) is 18.2 Å². The van der Waals surface area contributed by atoms with E-state index in [-0.39, 0.29) is 11.5 Å². The molecule has 0 aliphatic carbocycles. The molecular weight excluding hydrogens is 220 g/mol. The number of rotatable bonds is 6. The molecule has 0 saturated heterocycles. The quantitative estimate of drug-likeness (QED) is 0.803. The van der Waals surface area contributed by atoms with Crippen molar-refractivity contribution in [2.24, 2.45) is 5.92 Å². The third kappa shape index (κ3) is 4.43. The van der Waals surface area contributed by atoms with Crippen molar-refractivity contribution in [1.29, 1.82) is 0 Å². The van der Waals surface area contributed by atoms with Gasteiger partial charge in [-0.2, -0.15) is 0 Å². The lowest BCUT2D eigenvalue weighted by molar-refractivity contribution is 0.420. The summed E-state index contributed by atoms with van der Waals surface area (Å²) >= 11 is 0. The minimum Gasteiger partial charge on any atom is -0.314 e. The van der Waals surface area contributed by atoms with Gasteiger partial charge in [-0.15, -0.1) is 0 Å². The molecule has 17 heavy (non-hydrogen) atoms. The maximum absolute atomic E-state index is 13.5. The summed E-state index contributed by atoms with van der Waals surface area (Å²) in [4.78, 5) is 0. The predicted octanol–water partition coefficient (Wildman–Crippen LogP) is 3.53. The normalized spacial score (nSPS) is 13.1. The van der Waals surface area contributed by atoms with Gasteiger partial charge in [0.05, 0.1) is 0 Å². The van der Waals surface area contributed by atoms with Crippen LogP contribution < -0.4 is 5.32 Å². The van der Waals surface area contributed by atoms with Gasteiger partial charge in [-0.1, -0.05) is 33.3 Å². The number of hydrogen-bond acceptors (Lipinski definition) is 1. The first-order chi connectivity index (χ1) is 8.04. The molecule has 96 valence electrons. The number of hydrogen-bond donors (Lipinski definition) is 1. The lowest BCUT2D eigenvalue weighted by Gasteiger charge is -2.18. The fourth-order valence-corrected chi connectivity index (χ4v) is 1.78. The third-order valence-corrected chi connectivity index (χ3v) is 2.95. The molecule has 1 nitrogen and oxygen atoms in total. The van der Waals surface area contributed by atoms with Crippen LogP contribution in [0.5, 0.6) is 0 Å². The summed E-state index contributed by atoms with van der Waals surface area (Å²) in [7, 11) is 0. The molecular formula is C14H21F2N. The third-order valence-electron chi connectivity index (χ3n) is 2.95. The van der Waals surface area contributed by atoms with Gasteiger partial charge in [0.25, 0.3) is 0 Å². The fourth-order valence-electron chi connectivity index (χ4n) is 1.78. The molecule has 1 unspecified atom stereocenters. The Kier molecular flexibility index (Phi) is 5.56. The van der Waals surface area contributed by atoms with Gasteiger partial charge in [-0.25, -0.2) is 8.78 Å². The molecule has 0 radical (unpaired) electrons. The smallest absolute Gasteiger partial charge is 0.129 e. The highest BCUT2D eigenvalue weighted by molar-refractivity contribution is 5.20. The molecule has 0 aromatic heterocycles. The Balaban J connectivity index is 2.67. The Bertz CT molecular complexity index is 330. The van der Waals surface area contributed by atoms with E-state index in [0.29, 0.717) is 12.5 Å². The van der Waals surface area contributed by atoms with E-state index in [9.17, 15) is 8.78 Å². The SMILES string of the molecule is CCC(CNC(C)C)Cc1c(F)cccc1F. The average molecular weight is 241 g/mol. The molecule has 1 rings (SSSR count). The predicted molar refractivity (Wildman–Crippen MR) is 67.0 cm³/mol. The second kappa shape index (κ2) is 6.70. The van der Waals surface area contributed by atoms with Crippen LogP contribution in [0.1, 0.15) is 32.8 Å². The molecule has 0 fully saturated rings. The number of halogens is 2. The molecule has 0 spiro atoms. The minimum atomic E-state index is -0.437. The van der Waals surface area contributed by atoms with Gasteiger partial charge in [0.2, 0.25) is 0 Å². The van der Waals surface area contributed by atoms with Gasteiger partial charge in [-0.3, -0.25) is 0 Å². The van der Waals surface area contributed by atoms with Gasteiger partial charge < -0.3 is 5.32 Å². The first kappa shape index (κ1) is 14.1. The molecule has 1 atom stereocenters. The van der Waals surface area contributed by atoms with E-state index < -0.39 is 11.6 Å². The average Bonchev–Trinajstić information content (AvgIpc) is 2.27. The summed E-state index contributed by atoms with van der Waals surface area (Å²) in [5.74, 6) is -0.607. The van der Waals surface area contributed by atoms with Crippen LogP contribution in [0.2, 0.25) is 0 Å². The highest BCUT2D eigenvalue weighted by atomic mass is 19.1. The largest absolute Gasteiger partial charge is 0.314 e. The van der Waals surface area contributed by atoms with Crippen LogP contribution in [0, 0.1) is 17.6 Å². The van der Waals surface area contributed by atoms with E-state index in [1.165, 1.54) is 18.2 Å². The van der Waals surface area contributed by atoms with E-state index >= 15 is 0 Å². The second-order valence-corrected chi connectivity index (χ2v) is 4.74. The summed E-state index contributed by atoms with van der Waals surface area (Å²) in [6, 6.07) is 4.44. The van der Waals surface area contributed by atoms with E-state index in [2.05, 4.69) is 19.2 Å². The lowest BCUT2D eigenvalue weighted by Crippen LogP contribution is -2.30. The Labute approximate surface area is 102 Å². The van der Waals surface area contributed by atoms with Crippen molar-refractivity contribution in [2.45, 2.75) is 39.7 Å². The van der Waals surface area contributed by atoms with Crippen LogP contribution >= 0.6 is 0 Å². The molecule has 1 aromatic rings. The number of nitrogens with one attached hydrogen (secondary N) is 1. The Morgan fingerprint density at radius 2 is 1.76 bits per heavy atom. The van der Waals surface area contributed by atoms with Gasteiger partial charge in [0.15, 0.2) is 0 Å². The summed E-state index contributed by atoms with van der Waals surface area (Å²) in [5, 5.41) is 3.31. The van der Waals surface area contributed by atoms with Gasteiger partial charge in [0.1, 0.15) is 11.6 Å². The Hall–Kier alpha value is -0.960. The topological polar surface area (TPSA) is 12.0 Å². The Morgan fingerprint density at radius 1 is 1.18 bits per heavy atom. The maximum Gasteiger partial charge on any atom is 0.129 e. The van der Waals surface area contributed by atoms with Crippen LogP contribution in [0.4, 0.5) is 8.78 Å². The summed E-state index contributed by atoms with van der Waals surface area (Å²) in [5.41, 5.74) is 0.213. The van der Waals surface area contributed by atoms with Crippen LogP contribution in [0.3, 0.4) is 0 Å². The Morgan fingerprint density at radius 3 is 2.24 bits per heavy atom. The fraction of sp³-hybridized carbons (Fsp3) is 0.571. The zero-order valence-corrected chi connectivity index (χ0v) is 10.8. The zero-order valence-electron chi connectivity index (χ0n) is 10.8. The molecule has 0 aliphatic rings. The molecule has 0 amide bonds. The van der Waals surface area contributed by atoms with Gasteiger partial charge in [-0.05, 0) is 31.0 Å². The van der Waals surface area contributed by atoms with E-state index in [0.717, 1.165) is 13.0 Å². The lowest BCUT2D eigenvalue weighted by atomic mass is 9.96. The van der Waals surface area contributed by atoms with Crippen LogP contribution in [-0.2, 0) is 6.42 Å². The van der Waals surface area contributed by atoms with Crippen molar-refractivity contribution in [1.82, 2.24) is 5.32 Å². The molecule has 1 aromatic carbocycles. The molecule has 3 heteroatoms. The highest BCUT2D eigenvalue weighted by Gasteiger charge is 2.14. The summed E-state index contributed by atoms with van der Waals surface area (Å²) < 4.78 is 27.0. The summed E-state index contributed by atoms with van der Waals surface area (Å²) in [6.07, 6.45) is 1.36. The van der Waals surface area contributed by atoms with Crippen molar-refractivity contribution < 1.29 is 8.78 Å². The molecule has 0 saturated carbocycles. The van der Waals surface area contributed by atoms with Crippen molar-refractivity contribution in [3.05, 3.63) is 35.4 Å². The molecule has 0 bridgehead atoms. The first-order valence-electron chi connectivity index (χ1n) is 6.20. The van der Waals surface area contributed by atoms with Crippen LogP contribution in [0.25, 0.3) is 0 Å². The van der Waals surface area contributed by atoms with Crippen molar-refractivity contribution in [2.75, 3.05) is 6.54 Å². The van der Waals surface area contributed by atoms with Crippen molar-refractivity contribution >= 4 is 0 Å². The standard InChI is InChI=1S/C14H21F2N/c1-4-11(9-17-10(2)3)8-12-13(15)6-5-7-14(12)16/h5-7,10-11,17H,4,8-9H2,1-3H3. The second-order valence-electron chi connectivity index (χ2n) is 4.74. The zero-order chi connectivity index (χ0) is 12.8. The number of benzene rings is 1. The molecule has 1 N–H and O–H groups in total.